The Hall–Kier alpha value is -2.31. The number of carbonyl (C=O) groups excluding carboxylic acids is 1. The zero-order chi connectivity index (χ0) is 14.3. The number of pyridine rings is 1. The van der Waals surface area contributed by atoms with Gasteiger partial charge in [0.2, 0.25) is 5.88 Å². The Morgan fingerprint density at radius 1 is 1.53 bits per heavy atom. The molecule has 0 aliphatic heterocycles. The molecule has 0 aliphatic rings. The molecule has 7 heteroatoms. The van der Waals surface area contributed by atoms with Gasteiger partial charge in [0.1, 0.15) is 6.54 Å². The van der Waals surface area contributed by atoms with Crippen LogP contribution in [0, 0.1) is 0 Å². The third-order valence-electron chi connectivity index (χ3n) is 2.45. The van der Waals surface area contributed by atoms with Crippen LogP contribution in [-0.4, -0.2) is 47.2 Å². The number of rotatable bonds is 6. The van der Waals surface area contributed by atoms with Crippen LogP contribution in [0.1, 0.15) is 12.5 Å². The molecule has 0 aromatic carbocycles. The minimum absolute atomic E-state index is 0.286. The molecule has 19 heavy (non-hydrogen) atoms. The molecule has 0 spiro atoms. The van der Waals surface area contributed by atoms with E-state index in [1.54, 1.807) is 25.3 Å². The number of likely N-dealkylation sites (N-methyl/N-ethyl adjacent to an activating group) is 1. The summed E-state index contributed by atoms with van der Waals surface area (Å²) in [4.78, 5) is 27.5. The average Bonchev–Trinajstić information content (AvgIpc) is 2.42. The number of hydrogen-bond donors (Lipinski definition) is 2. The van der Waals surface area contributed by atoms with Gasteiger partial charge in [0.25, 0.3) is 0 Å². The largest absolute Gasteiger partial charge is 0.481 e. The predicted octanol–water partition coefficient (Wildman–Crippen LogP) is 0.706. The van der Waals surface area contributed by atoms with Crippen molar-refractivity contribution < 1.29 is 19.4 Å². The number of urea groups is 1. The standard InChI is InChI=1S/C12H17N3O4/c1-3-15(8-11(16)17)12(18)14-7-9-4-5-13-10(6-9)19-2/h4-6H,3,7-8H2,1-2H3,(H,14,18)(H,16,17). The van der Waals surface area contributed by atoms with Crippen LogP contribution in [0.5, 0.6) is 5.88 Å². The third-order valence-corrected chi connectivity index (χ3v) is 2.45. The van der Waals surface area contributed by atoms with Gasteiger partial charge in [-0.1, -0.05) is 0 Å². The highest BCUT2D eigenvalue weighted by molar-refractivity contribution is 5.80. The fraction of sp³-hybridized carbons (Fsp3) is 0.417. The summed E-state index contributed by atoms with van der Waals surface area (Å²) in [5.41, 5.74) is 0.826. The number of methoxy groups -OCH3 is 1. The lowest BCUT2D eigenvalue weighted by atomic mass is 10.2. The van der Waals surface area contributed by atoms with E-state index < -0.39 is 12.0 Å². The maximum absolute atomic E-state index is 11.7. The molecule has 2 amide bonds. The maximum Gasteiger partial charge on any atom is 0.323 e. The molecule has 1 aromatic heterocycles. The van der Waals surface area contributed by atoms with Crippen molar-refractivity contribution >= 4 is 12.0 Å². The zero-order valence-electron chi connectivity index (χ0n) is 10.9. The average molecular weight is 267 g/mol. The molecule has 104 valence electrons. The van der Waals surface area contributed by atoms with E-state index >= 15 is 0 Å². The molecule has 0 unspecified atom stereocenters. The van der Waals surface area contributed by atoms with Crippen molar-refractivity contribution in [2.24, 2.45) is 0 Å². The Labute approximate surface area is 111 Å². The number of nitrogens with zero attached hydrogens (tertiary/aromatic N) is 2. The lowest BCUT2D eigenvalue weighted by Crippen LogP contribution is -2.42. The van der Waals surface area contributed by atoms with Gasteiger partial charge in [-0.3, -0.25) is 4.79 Å². The van der Waals surface area contributed by atoms with Crippen LogP contribution in [-0.2, 0) is 11.3 Å². The smallest absolute Gasteiger partial charge is 0.323 e. The summed E-state index contributed by atoms with van der Waals surface area (Å²) in [6.07, 6.45) is 1.58. The SMILES string of the molecule is CCN(CC(=O)O)C(=O)NCc1ccnc(OC)c1. The van der Waals surface area contributed by atoms with E-state index in [4.69, 9.17) is 9.84 Å². The third kappa shape index (κ3) is 4.82. The number of nitrogens with one attached hydrogen (secondary N) is 1. The highest BCUT2D eigenvalue weighted by Crippen LogP contribution is 2.08. The van der Waals surface area contributed by atoms with Crippen molar-refractivity contribution in [3.8, 4) is 5.88 Å². The van der Waals surface area contributed by atoms with Crippen LogP contribution >= 0.6 is 0 Å². The summed E-state index contributed by atoms with van der Waals surface area (Å²) in [5, 5.41) is 11.3. The van der Waals surface area contributed by atoms with Crippen LogP contribution in [0.25, 0.3) is 0 Å². The summed E-state index contributed by atoms with van der Waals surface area (Å²) < 4.78 is 4.97. The van der Waals surface area contributed by atoms with Crippen molar-refractivity contribution in [1.29, 1.82) is 0 Å². The zero-order valence-corrected chi connectivity index (χ0v) is 10.9. The molecule has 0 saturated heterocycles. The van der Waals surface area contributed by atoms with Gasteiger partial charge >= 0.3 is 12.0 Å². The van der Waals surface area contributed by atoms with E-state index in [0.29, 0.717) is 12.4 Å². The van der Waals surface area contributed by atoms with Crippen LogP contribution < -0.4 is 10.1 Å². The van der Waals surface area contributed by atoms with Crippen molar-refractivity contribution in [2.45, 2.75) is 13.5 Å². The first kappa shape index (κ1) is 14.7. The van der Waals surface area contributed by atoms with E-state index in [2.05, 4.69) is 10.3 Å². The number of ether oxygens (including phenoxy) is 1. The summed E-state index contributed by atoms with van der Waals surface area (Å²) in [7, 11) is 1.51. The van der Waals surface area contributed by atoms with Crippen molar-refractivity contribution in [3.05, 3.63) is 23.9 Å². The topological polar surface area (TPSA) is 91.8 Å². The van der Waals surface area contributed by atoms with Crippen molar-refractivity contribution in [2.75, 3.05) is 20.2 Å². The van der Waals surface area contributed by atoms with Crippen LogP contribution in [0.2, 0.25) is 0 Å². The predicted molar refractivity (Wildman–Crippen MR) is 67.9 cm³/mol. The van der Waals surface area contributed by atoms with E-state index in [9.17, 15) is 9.59 Å². The monoisotopic (exact) mass is 267 g/mol. The first-order chi connectivity index (χ1) is 9.06. The fourth-order valence-corrected chi connectivity index (χ4v) is 1.45. The van der Waals surface area contributed by atoms with Gasteiger partial charge in [-0.25, -0.2) is 9.78 Å². The Morgan fingerprint density at radius 3 is 2.84 bits per heavy atom. The number of amides is 2. The van der Waals surface area contributed by atoms with E-state index in [1.807, 2.05) is 0 Å². The quantitative estimate of drug-likeness (QED) is 0.791. The number of carboxylic acid groups (broad SMARTS) is 1. The van der Waals surface area contributed by atoms with Gasteiger partial charge < -0.3 is 20.1 Å². The number of aromatic nitrogens is 1. The van der Waals surface area contributed by atoms with E-state index in [0.717, 1.165) is 5.56 Å². The molecule has 1 heterocycles. The van der Waals surface area contributed by atoms with Gasteiger partial charge in [0, 0.05) is 25.4 Å². The maximum atomic E-state index is 11.7. The second-order valence-corrected chi connectivity index (χ2v) is 3.77. The van der Waals surface area contributed by atoms with Gasteiger partial charge in [-0.15, -0.1) is 0 Å². The molecule has 1 aromatic rings. The molecule has 2 N–H and O–H groups in total. The summed E-state index contributed by atoms with van der Waals surface area (Å²) >= 11 is 0. The van der Waals surface area contributed by atoms with Crippen LogP contribution in [0.15, 0.2) is 18.3 Å². The van der Waals surface area contributed by atoms with Gasteiger partial charge in [-0.2, -0.15) is 0 Å². The number of carboxylic acids is 1. The fourth-order valence-electron chi connectivity index (χ4n) is 1.45. The Morgan fingerprint density at radius 2 is 2.26 bits per heavy atom. The number of hydrogen-bond acceptors (Lipinski definition) is 4. The molecule has 0 saturated carbocycles. The first-order valence-corrected chi connectivity index (χ1v) is 5.80. The van der Waals surface area contributed by atoms with Gasteiger partial charge in [-0.05, 0) is 18.6 Å². The minimum atomic E-state index is -1.04. The Balaban J connectivity index is 2.54. The molecule has 0 bridgehead atoms. The Bertz CT molecular complexity index is 450. The number of carbonyl (C=O) groups is 2. The first-order valence-electron chi connectivity index (χ1n) is 5.80. The van der Waals surface area contributed by atoms with Gasteiger partial charge in [0.05, 0.1) is 7.11 Å². The normalized spacial score (nSPS) is 9.79. The molecule has 0 aliphatic carbocycles. The molecular weight excluding hydrogens is 250 g/mol. The second kappa shape index (κ2) is 7.20. The summed E-state index contributed by atoms with van der Waals surface area (Å²) in [6, 6.07) is 3.03. The molecular formula is C12H17N3O4. The highest BCUT2D eigenvalue weighted by atomic mass is 16.5. The molecule has 0 fully saturated rings. The Kier molecular flexibility index (Phi) is 5.59. The van der Waals surface area contributed by atoms with Crippen LogP contribution in [0.3, 0.4) is 0 Å². The highest BCUT2D eigenvalue weighted by Gasteiger charge is 2.14. The molecule has 1 rings (SSSR count). The van der Waals surface area contributed by atoms with Crippen molar-refractivity contribution in [3.63, 3.8) is 0 Å². The lowest BCUT2D eigenvalue weighted by molar-refractivity contribution is -0.137. The lowest BCUT2D eigenvalue weighted by Gasteiger charge is -2.19. The second-order valence-electron chi connectivity index (χ2n) is 3.77. The molecule has 0 radical (unpaired) electrons. The summed E-state index contributed by atoms with van der Waals surface area (Å²) in [5.74, 6) is -0.577. The molecule has 0 atom stereocenters. The van der Waals surface area contributed by atoms with Crippen molar-refractivity contribution in [1.82, 2.24) is 15.2 Å². The summed E-state index contributed by atoms with van der Waals surface area (Å²) in [6.45, 7) is 2.02. The number of aliphatic carboxylic acids is 1. The minimum Gasteiger partial charge on any atom is -0.481 e. The van der Waals surface area contributed by atoms with E-state index in [-0.39, 0.29) is 13.1 Å². The molecule has 7 nitrogen and oxygen atoms in total. The van der Waals surface area contributed by atoms with E-state index in [1.165, 1.54) is 12.0 Å². The van der Waals surface area contributed by atoms with Gasteiger partial charge in [0.15, 0.2) is 0 Å². The van der Waals surface area contributed by atoms with Crippen LogP contribution in [0.4, 0.5) is 4.79 Å².